The SMILES string of the molecule is O=c1cccc(C(F)(F)F)n1CCNCc1ccccc1. The molecular weight excluding hydrogens is 281 g/mol. The number of rotatable bonds is 5. The third-order valence-electron chi connectivity index (χ3n) is 3.02. The van der Waals surface area contributed by atoms with Crippen molar-refractivity contribution in [1.82, 2.24) is 9.88 Å². The normalized spacial score (nSPS) is 11.6. The number of pyridine rings is 1. The van der Waals surface area contributed by atoms with Gasteiger partial charge in [-0.25, -0.2) is 0 Å². The van der Waals surface area contributed by atoms with Crippen molar-refractivity contribution in [1.29, 1.82) is 0 Å². The van der Waals surface area contributed by atoms with Crippen molar-refractivity contribution in [3.8, 4) is 0 Å². The highest BCUT2D eigenvalue weighted by Crippen LogP contribution is 2.27. The fourth-order valence-corrected chi connectivity index (χ4v) is 2.02. The maximum atomic E-state index is 12.8. The molecule has 0 saturated carbocycles. The lowest BCUT2D eigenvalue weighted by atomic mass is 10.2. The predicted molar refractivity (Wildman–Crippen MR) is 73.9 cm³/mol. The van der Waals surface area contributed by atoms with Crippen LogP contribution in [0.1, 0.15) is 11.3 Å². The molecule has 0 amide bonds. The Morgan fingerprint density at radius 1 is 1.00 bits per heavy atom. The second-order valence-electron chi connectivity index (χ2n) is 4.56. The molecule has 1 aromatic carbocycles. The molecule has 0 bridgehead atoms. The summed E-state index contributed by atoms with van der Waals surface area (Å²) in [6.45, 7) is 0.799. The van der Waals surface area contributed by atoms with Crippen LogP contribution in [-0.2, 0) is 19.3 Å². The number of nitrogens with one attached hydrogen (secondary N) is 1. The Kier molecular flexibility index (Phi) is 4.80. The van der Waals surface area contributed by atoms with Crippen LogP contribution in [0.3, 0.4) is 0 Å². The molecule has 2 aromatic rings. The molecule has 0 unspecified atom stereocenters. The van der Waals surface area contributed by atoms with Crippen LogP contribution in [0.25, 0.3) is 0 Å². The van der Waals surface area contributed by atoms with E-state index in [9.17, 15) is 18.0 Å². The molecule has 21 heavy (non-hydrogen) atoms. The first-order valence-electron chi connectivity index (χ1n) is 6.50. The highest BCUT2D eigenvalue weighted by Gasteiger charge is 2.33. The van der Waals surface area contributed by atoms with Gasteiger partial charge in [0.25, 0.3) is 5.56 Å². The van der Waals surface area contributed by atoms with Crippen molar-refractivity contribution in [2.75, 3.05) is 6.54 Å². The van der Waals surface area contributed by atoms with E-state index in [1.807, 2.05) is 30.3 Å². The minimum absolute atomic E-state index is 0.0264. The molecule has 0 atom stereocenters. The molecule has 0 saturated heterocycles. The Balaban J connectivity index is 1.99. The molecule has 112 valence electrons. The molecule has 1 heterocycles. The van der Waals surface area contributed by atoms with Gasteiger partial charge in [-0.3, -0.25) is 4.79 Å². The number of alkyl halides is 3. The fraction of sp³-hybridized carbons (Fsp3) is 0.267. The third kappa shape index (κ3) is 4.19. The van der Waals surface area contributed by atoms with Crippen molar-refractivity contribution in [2.45, 2.75) is 19.3 Å². The maximum absolute atomic E-state index is 12.8. The second-order valence-corrected chi connectivity index (χ2v) is 4.56. The second kappa shape index (κ2) is 6.58. The van der Waals surface area contributed by atoms with E-state index < -0.39 is 17.4 Å². The van der Waals surface area contributed by atoms with Gasteiger partial charge in [-0.05, 0) is 11.6 Å². The van der Waals surface area contributed by atoms with Crippen molar-refractivity contribution in [3.05, 3.63) is 70.1 Å². The number of hydrogen-bond acceptors (Lipinski definition) is 2. The number of benzene rings is 1. The van der Waals surface area contributed by atoms with E-state index in [4.69, 9.17) is 0 Å². The first-order chi connectivity index (χ1) is 9.98. The summed E-state index contributed by atoms with van der Waals surface area (Å²) >= 11 is 0. The molecule has 2 rings (SSSR count). The van der Waals surface area contributed by atoms with Crippen molar-refractivity contribution in [2.24, 2.45) is 0 Å². The topological polar surface area (TPSA) is 34.0 Å². The maximum Gasteiger partial charge on any atom is 0.431 e. The lowest BCUT2D eigenvalue weighted by Crippen LogP contribution is -2.31. The van der Waals surface area contributed by atoms with E-state index in [0.717, 1.165) is 28.3 Å². The molecule has 0 radical (unpaired) electrons. The van der Waals surface area contributed by atoms with Crippen LogP contribution in [0.5, 0.6) is 0 Å². The van der Waals surface area contributed by atoms with Gasteiger partial charge in [0.05, 0.1) is 0 Å². The van der Waals surface area contributed by atoms with Gasteiger partial charge >= 0.3 is 6.18 Å². The van der Waals surface area contributed by atoms with E-state index in [-0.39, 0.29) is 13.1 Å². The first kappa shape index (κ1) is 15.3. The zero-order chi connectivity index (χ0) is 15.3. The van der Waals surface area contributed by atoms with E-state index in [2.05, 4.69) is 5.32 Å². The van der Waals surface area contributed by atoms with E-state index in [1.165, 1.54) is 0 Å². The highest BCUT2D eigenvalue weighted by molar-refractivity contribution is 5.14. The molecule has 1 aromatic heterocycles. The first-order valence-corrected chi connectivity index (χ1v) is 6.50. The van der Waals surface area contributed by atoms with Crippen molar-refractivity contribution >= 4 is 0 Å². The van der Waals surface area contributed by atoms with Crippen molar-refractivity contribution in [3.63, 3.8) is 0 Å². The molecule has 0 aliphatic rings. The minimum Gasteiger partial charge on any atom is -0.311 e. The van der Waals surface area contributed by atoms with Gasteiger partial charge < -0.3 is 9.88 Å². The average molecular weight is 296 g/mol. The van der Waals surface area contributed by atoms with Crippen LogP contribution in [0, 0.1) is 0 Å². The smallest absolute Gasteiger partial charge is 0.311 e. The van der Waals surface area contributed by atoms with Gasteiger partial charge in [0.1, 0.15) is 5.69 Å². The molecule has 0 aliphatic carbocycles. The van der Waals surface area contributed by atoms with Crippen LogP contribution in [0.4, 0.5) is 13.2 Å². The summed E-state index contributed by atoms with van der Waals surface area (Å²) in [6, 6.07) is 12.7. The van der Waals surface area contributed by atoms with Gasteiger partial charge in [-0.1, -0.05) is 36.4 Å². The molecule has 0 fully saturated rings. The van der Waals surface area contributed by atoms with Crippen LogP contribution in [0.2, 0.25) is 0 Å². The third-order valence-corrected chi connectivity index (χ3v) is 3.02. The fourth-order valence-electron chi connectivity index (χ4n) is 2.02. The van der Waals surface area contributed by atoms with Gasteiger partial charge in [0.2, 0.25) is 0 Å². The highest BCUT2D eigenvalue weighted by atomic mass is 19.4. The largest absolute Gasteiger partial charge is 0.431 e. The van der Waals surface area contributed by atoms with Gasteiger partial charge in [-0.2, -0.15) is 13.2 Å². The van der Waals surface area contributed by atoms with Crippen LogP contribution in [0.15, 0.2) is 53.3 Å². The summed E-state index contributed by atoms with van der Waals surface area (Å²) in [6.07, 6.45) is -4.53. The standard InChI is InChI=1S/C15H15F3N2O/c16-15(17,18)13-7-4-8-14(21)20(13)10-9-19-11-12-5-2-1-3-6-12/h1-8,19H,9-11H2. The Morgan fingerprint density at radius 3 is 2.38 bits per heavy atom. The van der Waals surface area contributed by atoms with Crippen LogP contribution >= 0.6 is 0 Å². The number of aromatic nitrogens is 1. The Morgan fingerprint density at radius 2 is 1.71 bits per heavy atom. The summed E-state index contributed by atoms with van der Waals surface area (Å²) in [5.41, 5.74) is -0.531. The average Bonchev–Trinajstić information content (AvgIpc) is 2.45. The lowest BCUT2D eigenvalue weighted by Gasteiger charge is -2.15. The summed E-state index contributed by atoms with van der Waals surface area (Å²) in [7, 11) is 0. The van der Waals surface area contributed by atoms with E-state index >= 15 is 0 Å². The molecule has 0 spiro atoms. The zero-order valence-electron chi connectivity index (χ0n) is 11.2. The van der Waals surface area contributed by atoms with Crippen LogP contribution in [-0.4, -0.2) is 11.1 Å². The summed E-state index contributed by atoms with van der Waals surface area (Å²) in [5, 5.41) is 3.03. The summed E-state index contributed by atoms with van der Waals surface area (Å²) < 4.78 is 39.2. The van der Waals surface area contributed by atoms with E-state index in [0.29, 0.717) is 6.54 Å². The molecule has 3 nitrogen and oxygen atoms in total. The number of halogens is 3. The minimum atomic E-state index is -4.53. The van der Waals surface area contributed by atoms with Gasteiger partial charge in [-0.15, -0.1) is 0 Å². The summed E-state index contributed by atoms with van der Waals surface area (Å²) in [5.74, 6) is 0. The molecule has 1 N–H and O–H groups in total. The Bertz CT molecular complexity index is 635. The van der Waals surface area contributed by atoms with Gasteiger partial charge in [0.15, 0.2) is 0 Å². The quantitative estimate of drug-likeness (QED) is 0.861. The molecule has 6 heteroatoms. The monoisotopic (exact) mass is 296 g/mol. The molecule has 0 aliphatic heterocycles. The Hall–Kier alpha value is -2.08. The Labute approximate surface area is 120 Å². The molecular formula is C15H15F3N2O. The van der Waals surface area contributed by atoms with E-state index in [1.54, 1.807) is 0 Å². The van der Waals surface area contributed by atoms with Gasteiger partial charge in [0, 0.05) is 25.7 Å². The zero-order valence-corrected chi connectivity index (χ0v) is 11.2. The number of nitrogens with zero attached hydrogens (tertiary/aromatic N) is 1. The number of hydrogen-bond donors (Lipinski definition) is 1. The van der Waals surface area contributed by atoms with Crippen LogP contribution < -0.4 is 10.9 Å². The van der Waals surface area contributed by atoms with Crippen molar-refractivity contribution < 1.29 is 13.2 Å². The summed E-state index contributed by atoms with van der Waals surface area (Å²) in [4.78, 5) is 11.6. The lowest BCUT2D eigenvalue weighted by molar-refractivity contribution is -0.144. The predicted octanol–water partition coefficient (Wildman–Crippen LogP) is 2.66.